The molecule has 0 aromatic heterocycles. The van der Waals surface area contributed by atoms with Crippen LogP contribution in [0.4, 0.5) is 0 Å². The van der Waals surface area contributed by atoms with Crippen molar-refractivity contribution in [2.45, 2.75) is 31.1 Å². The molecule has 0 aliphatic heterocycles. The van der Waals surface area contributed by atoms with E-state index in [9.17, 15) is 9.90 Å². The second kappa shape index (κ2) is 5.56. The highest BCUT2D eigenvalue weighted by molar-refractivity contribution is 14.1. The molecule has 0 aliphatic carbocycles. The van der Waals surface area contributed by atoms with Crippen LogP contribution in [-0.4, -0.2) is 21.4 Å². The molecule has 1 aromatic rings. The lowest BCUT2D eigenvalue weighted by Gasteiger charge is -2.29. The van der Waals surface area contributed by atoms with Crippen molar-refractivity contribution in [3.8, 4) is 5.75 Å². The van der Waals surface area contributed by atoms with E-state index in [1.807, 2.05) is 43.4 Å². The van der Waals surface area contributed by atoms with E-state index in [0.717, 1.165) is 3.57 Å². The fourth-order valence-electron chi connectivity index (χ4n) is 1.12. The van der Waals surface area contributed by atoms with Gasteiger partial charge in [0.15, 0.2) is 0 Å². The Morgan fingerprint density at radius 3 is 2.59 bits per heavy atom. The fraction of sp³-hybridized carbons (Fsp3) is 0.417. The number of hydrogen-bond acceptors (Lipinski definition) is 2. The lowest BCUT2D eigenvalue weighted by atomic mass is 10.0. The topological polar surface area (TPSA) is 49.3 Å². The SMILES string of the molecule is CC(Br)C(C)(C)NC(=O)c1ccc(I)c(O)c1. The van der Waals surface area contributed by atoms with E-state index in [4.69, 9.17) is 0 Å². The molecule has 1 amide bonds. The van der Waals surface area contributed by atoms with Crippen molar-refractivity contribution in [3.63, 3.8) is 0 Å². The van der Waals surface area contributed by atoms with Crippen molar-refractivity contribution in [3.05, 3.63) is 27.3 Å². The van der Waals surface area contributed by atoms with Crippen LogP contribution in [0.2, 0.25) is 0 Å². The van der Waals surface area contributed by atoms with Gasteiger partial charge in [-0.15, -0.1) is 0 Å². The zero-order valence-corrected chi connectivity index (χ0v) is 13.7. The van der Waals surface area contributed by atoms with Gasteiger partial charge in [0.2, 0.25) is 0 Å². The zero-order valence-electron chi connectivity index (χ0n) is 9.92. The van der Waals surface area contributed by atoms with Gasteiger partial charge < -0.3 is 10.4 Å². The maximum atomic E-state index is 12.0. The molecule has 0 fully saturated rings. The quantitative estimate of drug-likeness (QED) is 0.592. The van der Waals surface area contributed by atoms with Gasteiger partial charge in [0.1, 0.15) is 5.75 Å². The van der Waals surface area contributed by atoms with Crippen LogP contribution in [-0.2, 0) is 0 Å². The zero-order chi connectivity index (χ0) is 13.2. The Balaban J connectivity index is 2.87. The first-order chi connectivity index (χ1) is 7.74. The van der Waals surface area contributed by atoms with Crippen molar-refractivity contribution in [2.75, 3.05) is 0 Å². The minimum Gasteiger partial charge on any atom is -0.507 e. The van der Waals surface area contributed by atoms with Gasteiger partial charge in [0.25, 0.3) is 5.91 Å². The molecule has 0 saturated carbocycles. The largest absolute Gasteiger partial charge is 0.507 e. The van der Waals surface area contributed by atoms with Crippen LogP contribution in [0.15, 0.2) is 18.2 Å². The number of aromatic hydroxyl groups is 1. The van der Waals surface area contributed by atoms with Gasteiger partial charge in [-0.2, -0.15) is 0 Å². The maximum absolute atomic E-state index is 12.0. The van der Waals surface area contributed by atoms with Crippen molar-refractivity contribution >= 4 is 44.4 Å². The average molecular weight is 412 g/mol. The van der Waals surface area contributed by atoms with E-state index in [1.165, 1.54) is 6.07 Å². The number of nitrogens with one attached hydrogen (secondary N) is 1. The van der Waals surface area contributed by atoms with E-state index in [1.54, 1.807) is 12.1 Å². The molecule has 0 heterocycles. The summed E-state index contributed by atoms with van der Waals surface area (Å²) in [5.74, 6) is -0.0593. The summed E-state index contributed by atoms with van der Waals surface area (Å²) in [5, 5.41) is 12.5. The number of rotatable bonds is 3. The Labute approximate surface area is 123 Å². The van der Waals surface area contributed by atoms with E-state index < -0.39 is 0 Å². The number of hydrogen-bond donors (Lipinski definition) is 2. The summed E-state index contributed by atoms with van der Waals surface area (Å²) in [4.78, 5) is 12.1. The molecule has 1 aromatic carbocycles. The first-order valence-corrected chi connectivity index (χ1v) is 7.18. The van der Waals surface area contributed by atoms with E-state index >= 15 is 0 Å². The second-order valence-electron chi connectivity index (χ2n) is 4.46. The average Bonchev–Trinajstić information content (AvgIpc) is 2.21. The van der Waals surface area contributed by atoms with Gasteiger partial charge in [-0.05, 0) is 54.6 Å². The Hall–Kier alpha value is -0.300. The minimum atomic E-state index is -0.351. The molecule has 17 heavy (non-hydrogen) atoms. The molecular weight excluding hydrogens is 397 g/mol. The summed E-state index contributed by atoms with van der Waals surface area (Å²) in [6.45, 7) is 5.86. The van der Waals surface area contributed by atoms with E-state index in [-0.39, 0.29) is 22.0 Å². The molecule has 0 aliphatic rings. The molecule has 3 nitrogen and oxygen atoms in total. The number of alkyl halides is 1. The molecule has 0 spiro atoms. The number of benzene rings is 1. The molecular formula is C12H15BrINO2. The van der Waals surface area contributed by atoms with Gasteiger partial charge >= 0.3 is 0 Å². The van der Waals surface area contributed by atoms with Crippen LogP contribution in [0.25, 0.3) is 0 Å². The maximum Gasteiger partial charge on any atom is 0.251 e. The van der Waals surface area contributed by atoms with Crippen LogP contribution < -0.4 is 5.32 Å². The molecule has 0 bridgehead atoms. The van der Waals surface area contributed by atoms with Crippen molar-refractivity contribution < 1.29 is 9.90 Å². The van der Waals surface area contributed by atoms with Gasteiger partial charge in [0, 0.05) is 15.9 Å². The third-order valence-electron chi connectivity index (χ3n) is 2.64. The van der Waals surface area contributed by atoms with Crippen LogP contribution >= 0.6 is 38.5 Å². The fourth-order valence-corrected chi connectivity index (χ4v) is 1.57. The summed E-state index contributed by atoms with van der Waals surface area (Å²) < 4.78 is 0.729. The molecule has 0 radical (unpaired) electrons. The van der Waals surface area contributed by atoms with Crippen LogP contribution in [0, 0.1) is 3.57 Å². The molecule has 2 N–H and O–H groups in total. The van der Waals surface area contributed by atoms with Crippen molar-refractivity contribution in [1.29, 1.82) is 0 Å². The number of phenolic OH excluding ortho intramolecular Hbond substituents is 1. The lowest BCUT2D eigenvalue weighted by Crippen LogP contribution is -2.48. The van der Waals surface area contributed by atoms with Crippen molar-refractivity contribution in [1.82, 2.24) is 5.32 Å². The number of amides is 1. The monoisotopic (exact) mass is 411 g/mol. The third kappa shape index (κ3) is 3.84. The molecule has 94 valence electrons. The Morgan fingerprint density at radius 1 is 1.53 bits per heavy atom. The highest BCUT2D eigenvalue weighted by Crippen LogP contribution is 2.22. The van der Waals surface area contributed by atoms with Gasteiger partial charge in [-0.25, -0.2) is 0 Å². The number of halogens is 2. The molecule has 5 heteroatoms. The van der Waals surface area contributed by atoms with Crippen LogP contribution in [0.5, 0.6) is 5.75 Å². The Bertz CT molecular complexity index is 433. The molecule has 1 atom stereocenters. The van der Waals surface area contributed by atoms with Gasteiger partial charge in [0.05, 0.1) is 3.57 Å². The van der Waals surface area contributed by atoms with E-state index in [2.05, 4.69) is 21.2 Å². The second-order valence-corrected chi connectivity index (χ2v) is 6.99. The predicted octanol–water partition coefficient (Wildman–Crippen LogP) is 3.29. The minimum absolute atomic E-state index is 0.128. The van der Waals surface area contributed by atoms with Crippen LogP contribution in [0.1, 0.15) is 31.1 Å². The Kier molecular flexibility index (Phi) is 4.83. The summed E-state index contributed by atoms with van der Waals surface area (Å²) in [7, 11) is 0. The molecule has 1 unspecified atom stereocenters. The highest BCUT2D eigenvalue weighted by Gasteiger charge is 2.26. The number of phenols is 1. The standard InChI is InChI=1S/C12H15BrINO2/c1-7(13)12(2,3)15-11(17)8-4-5-9(14)10(16)6-8/h4-7,16H,1-3H3,(H,15,17). The summed E-state index contributed by atoms with van der Waals surface area (Å²) >= 11 is 5.47. The molecule has 0 saturated heterocycles. The van der Waals surface area contributed by atoms with Crippen LogP contribution in [0.3, 0.4) is 0 Å². The summed E-state index contributed by atoms with van der Waals surface area (Å²) in [6.07, 6.45) is 0. The normalized spacial score (nSPS) is 13.2. The number of carbonyl (C=O) groups is 1. The highest BCUT2D eigenvalue weighted by atomic mass is 127. The first kappa shape index (κ1) is 14.8. The predicted molar refractivity (Wildman–Crippen MR) is 80.8 cm³/mol. The van der Waals surface area contributed by atoms with Gasteiger partial charge in [-0.3, -0.25) is 4.79 Å². The smallest absolute Gasteiger partial charge is 0.251 e. The number of carbonyl (C=O) groups excluding carboxylic acids is 1. The van der Waals surface area contributed by atoms with E-state index in [0.29, 0.717) is 5.56 Å². The van der Waals surface area contributed by atoms with Crippen molar-refractivity contribution in [2.24, 2.45) is 0 Å². The summed E-state index contributed by atoms with van der Waals surface area (Å²) in [6, 6.07) is 4.90. The summed E-state index contributed by atoms with van der Waals surface area (Å²) in [5.41, 5.74) is 0.111. The lowest BCUT2D eigenvalue weighted by molar-refractivity contribution is 0.0913. The Morgan fingerprint density at radius 2 is 2.12 bits per heavy atom. The third-order valence-corrected chi connectivity index (χ3v) is 4.70. The molecule has 1 rings (SSSR count). The van der Waals surface area contributed by atoms with Gasteiger partial charge in [-0.1, -0.05) is 22.9 Å². The first-order valence-electron chi connectivity index (χ1n) is 5.19.